The molecule has 0 spiro atoms. The molecule has 2 N–H and O–H groups in total. The van der Waals surface area contributed by atoms with E-state index in [4.69, 9.17) is 9.47 Å². The van der Waals surface area contributed by atoms with E-state index in [1.54, 1.807) is 18.2 Å². The molecule has 2 aromatic rings. The van der Waals surface area contributed by atoms with E-state index >= 15 is 0 Å². The standard InChI is InChI=1S/C16H13FN2O3/c17-9-1-3-11-12(7-9)19-16(20)15(11)18-10-2-4-13-14(8-10)22-6-5-21-13/h1-4,7-8,15,18H,5-6H2,(H,19,20). The zero-order valence-electron chi connectivity index (χ0n) is 11.6. The van der Waals surface area contributed by atoms with E-state index < -0.39 is 6.04 Å². The number of anilines is 2. The highest BCUT2D eigenvalue weighted by Crippen LogP contribution is 2.37. The van der Waals surface area contributed by atoms with Gasteiger partial charge in [0, 0.05) is 23.0 Å². The number of halogens is 1. The Morgan fingerprint density at radius 2 is 1.91 bits per heavy atom. The molecule has 2 aliphatic rings. The van der Waals surface area contributed by atoms with Crippen LogP contribution in [0.3, 0.4) is 0 Å². The Morgan fingerprint density at radius 1 is 1.09 bits per heavy atom. The van der Waals surface area contributed by atoms with Crippen molar-refractivity contribution in [3.8, 4) is 11.5 Å². The molecule has 0 saturated carbocycles. The summed E-state index contributed by atoms with van der Waals surface area (Å²) in [5.41, 5.74) is 1.96. The van der Waals surface area contributed by atoms with Crippen molar-refractivity contribution in [2.45, 2.75) is 6.04 Å². The van der Waals surface area contributed by atoms with Crippen molar-refractivity contribution in [1.29, 1.82) is 0 Å². The van der Waals surface area contributed by atoms with Gasteiger partial charge < -0.3 is 20.1 Å². The molecule has 0 fully saturated rings. The number of rotatable bonds is 2. The summed E-state index contributed by atoms with van der Waals surface area (Å²) in [6.45, 7) is 1.03. The smallest absolute Gasteiger partial charge is 0.251 e. The first-order valence-electron chi connectivity index (χ1n) is 6.97. The Hall–Kier alpha value is -2.76. The number of carbonyl (C=O) groups excluding carboxylic acids is 1. The third-order valence-electron chi connectivity index (χ3n) is 3.70. The molecule has 0 aliphatic carbocycles. The fourth-order valence-corrected chi connectivity index (χ4v) is 2.68. The van der Waals surface area contributed by atoms with Crippen molar-refractivity contribution in [2.24, 2.45) is 0 Å². The number of hydrogen-bond donors (Lipinski definition) is 2. The first kappa shape index (κ1) is 12.9. The normalized spacial score (nSPS) is 18.6. The highest BCUT2D eigenvalue weighted by molar-refractivity contribution is 6.04. The summed E-state index contributed by atoms with van der Waals surface area (Å²) in [4.78, 5) is 12.1. The van der Waals surface area contributed by atoms with E-state index in [0.29, 0.717) is 30.4 Å². The highest BCUT2D eigenvalue weighted by atomic mass is 19.1. The van der Waals surface area contributed by atoms with E-state index in [2.05, 4.69) is 10.6 Å². The molecule has 2 aromatic carbocycles. The Kier molecular flexibility index (Phi) is 2.89. The predicted molar refractivity (Wildman–Crippen MR) is 78.8 cm³/mol. The summed E-state index contributed by atoms with van der Waals surface area (Å²) in [5, 5.41) is 5.82. The van der Waals surface area contributed by atoms with Gasteiger partial charge >= 0.3 is 0 Å². The lowest BCUT2D eigenvalue weighted by Gasteiger charge is -2.20. The zero-order chi connectivity index (χ0) is 15.1. The van der Waals surface area contributed by atoms with Crippen LogP contribution in [0, 0.1) is 5.82 Å². The monoisotopic (exact) mass is 300 g/mol. The van der Waals surface area contributed by atoms with E-state index in [1.165, 1.54) is 12.1 Å². The van der Waals surface area contributed by atoms with Crippen LogP contribution in [0.5, 0.6) is 11.5 Å². The summed E-state index contributed by atoms with van der Waals surface area (Å²) < 4.78 is 24.2. The molecule has 1 unspecified atom stereocenters. The van der Waals surface area contributed by atoms with Crippen LogP contribution in [0.1, 0.15) is 11.6 Å². The number of nitrogens with one attached hydrogen (secondary N) is 2. The van der Waals surface area contributed by atoms with E-state index in [1.807, 2.05) is 6.07 Å². The molecule has 1 amide bonds. The van der Waals surface area contributed by atoms with Gasteiger partial charge in [0.15, 0.2) is 11.5 Å². The number of amides is 1. The summed E-state index contributed by atoms with van der Waals surface area (Å²) in [7, 11) is 0. The average Bonchev–Trinajstić information content (AvgIpc) is 2.82. The molecular formula is C16H13FN2O3. The Labute approximate surface area is 126 Å². The molecule has 22 heavy (non-hydrogen) atoms. The quantitative estimate of drug-likeness (QED) is 0.895. The van der Waals surface area contributed by atoms with Gasteiger partial charge in [-0.2, -0.15) is 0 Å². The maximum Gasteiger partial charge on any atom is 0.251 e. The van der Waals surface area contributed by atoms with Gasteiger partial charge in [0.2, 0.25) is 0 Å². The molecule has 0 bridgehead atoms. The van der Waals surface area contributed by atoms with Gasteiger partial charge in [-0.05, 0) is 24.3 Å². The summed E-state index contributed by atoms with van der Waals surface area (Å²) in [5.74, 6) is 0.749. The van der Waals surface area contributed by atoms with Crippen molar-refractivity contribution in [2.75, 3.05) is 23.8 Å². The van der Waals surface area contributed by atoms with Crippen LogP contribution < -0.4 is 20.1 Å². The minimum Gasteiger partial charge on any atom is -0.486 e. The zero-order valence-corrected chi connectivity index (χ0v) is 11.6. The topological polar surface area (TPSA) is 59.6 Å². The second-order valence-electron chi connectivity index (χ2n) is 5.16. The molecule has 5 nitrogen and oxygen atoms in total. The third-order valence-corrected chi connectivity index (χ3v) is 3.70. The third kappa shape index (κ3) is 2.13. The van der Waals surface area contributed by atoms with E-state index in [-0.39, 0.29) is 11.7 Å². The molecule has 112 valence electrons. The largest absolute Gasteiger partial charge is 0.486 e. The summed E-state index contributed by atoms with van der Waals surface area (Å²) in [6.07, 6.45) is 0. The molecular weight excluding hydrogens is 287 g/mol. The lowest BCUT2D eigenvalue weighted by atomic mass is 10.1. The Morgan fingerprint density at radius 3 is 2.77 bits per heavy atom. The molecule has 2 heterocycles. The van der Waals surface area contributed by atoms with Gasteiger partial charge in [0.1, 0.15) is 25.1 Å². The maximum atomic E-state index is 13.2. The molecule has 0 saturated heterocycles. The highest BCUT2D eigenvalue weighted by Gasteiger charge is 2.31. The first-order valence-corrected chi connectivity index (χ1v) is 6.97. The van der Waals surface area contributed by atoms with Crippen LogP contribution in [-0.2, 0) is 4.79 Å². The number of benzene rings is 2. The molecule has 6 heteroatoms. The molecule has 4 rings (SSSR count). The maximum absolute atomic E-state index is 13.2. The van der Waals surface area contributed by atoms with Gasteiger partial charge in [0.25, 0.3) is 5.91 Å². The average molecular weight is 300 g/mol. The van der Waals surface area contributed by atoms with Crippen LogP contribution >= 0.6 is 0 Å². The second kappa shape index (κ2) is 4.91. The van der Waals surface area contributed by atoms with Gasteiger partial charge in [-0.25, -0.2) is 4.39 Å². The SMILES string of the molecule is O=C1Nc2cc(F)ccc2C1Nc1ccc2c(c1)OCCO2. The van der Waals surface area contributed by atoms with Gasteiger partial charge in [-0.1, -0.05) is 6.07 Å². The van der Waals surface area contributed by atoms with Crippen LogP contribution in [-0.4, -0.2) is 19.1 Å². The molecule has 0 aromatic heterocycles. The van der Waals surface area contributed by atoms with Crippen LogP contribution in [0.4, 0.5) is 15.8 Å². The van der Waals surface area contributed by atoms with Crippen LogP contribution in [0.15, 0.2) is 36.4 Å². The minimum atomic E-state index is -0.557. The van der Waals surface area contributed by atoms with Crippen LogP contribution in [0.25, 0.3) is 0 Å². The number of ether oxygens (including phenoxy) is 2. The number of fused-ring (bicyclic) bond motifs is 2. The Bertz CT molecular complexity index is 763. The van der Waals surface area contributed by atoms with Crippen molar-refractivity contribution in [3.63, 3.8) is 0 Å². The van der Waals surface area contributed by atoms with Gasteiger partial charge in [0.05, 0.1) is 0 Å². The molecule has 0 radical (unpaired) electrons. The van der Waals surface area contributed by atoms with Crippen LogP contribution in [0.2, 0.25) is 0 Å². The van der Waals surface area contributed by atoms with E-state index in [0.717, 1.165) is 11.3 Å². The Balaban J connectivity index is 1.63. The fraction of sp³-hybridized carbons (Fsp3) is 0.188. The van der Waals surface area contributed by atoms with Crippen molar-refractivity contribution in [1.82, 2.24) is 0 Å². The number of hydrogen-bond acceptors (Lipinski definition) is 4. The number of carbonyl (C=O) groups is 1. The predicted octanol–water partition coefficient (Wildman–Crippen LogP) is 2.70. The summed E-state index contributed by atoms with van der Waals surface area (Å²) in [6, 6.07) is 9.13. The molecule has 2 aliphatic heterocycles. The minimum absolute atomic E-state index is 0.213. The van der Waals surface area contributed by atoms with Crippen molar-refractivity contribution >= 4 is 17.3 Å². The molecule has 1 atom stereocenters. The lowest BCUT2D eigenvalue weighted by molar-refractivity contribution is -0.116. The lowest BCUT2D eigenvalue weighted by Crippen LogP contribution is -2.20. The van der Waals surface area contributed by atoms with Crippen molar-refractivity contribution in [3.05, 3.63) is 47.8 Å². The second-order valence-corrected chi connectivity index (χ2v) is 5.16. The first-order chi connectivity index (χ1) is 10.7. The van der Waals surface area contributed by atoms with Gasteiger partial charge in [-0.15, -0.1) is 0 Å². The van der Waals surface area contributed by atoms with Gasteiger partial charge in [-0.3, -0.25) is 4.79 Å². The summed E-state index contributed by atoms with van der Waals surface area (Å²) >= 11 is 0. The van der Waals surface area contributed by atoms with E-state index in [9.17, 15) is 9.18 Å². The van der Waals surface area contributed by atoms with Crippen molar-refractivity contribution < 1.29 is 18.7 Å². The fourth-order valence-electron chi connectivity index (χ4n) is 2.68.